The van der Waals surface area contributed by atoms with E-state index in [1.165, 1.54) is 0 Å². The Bertz CT molecular complexity index is 544. The van der Waals surface area contributed by atoms with Crippen LogP contribution in [0.3, 0.4) is 0 Å². The third-order valence-electron chi connectivity index (χ3n) is 1.82. The number of nitrogens with two attached hydrogens (primary N) is 1. The monoisotopic (exact) mass is 269 g/mol. The molecule has 0 aliphatic rings. The van der Waals surface area contributed by atoms with E-state index >= 15 is 0 Å². The van der Waals surface area contributed by atoms with Crippen LogP contribution in [0, 0.1) is 0 Å². The molecule has 2 N–H and O–H groups in total. The number of carbonyl (C=O) groups excluding carboxylic acids is 1. The summed E-state index contributed by atoms with van der Waals surface area (Å²) in [5.41, 5.74) is 5.74. The third kappa shape index (κ3) is 3.21. The molecule has 2 rings (SSSR count). The number of primary amides is 1. The summed E-state index contributed by atoms with van der Waals surface area (Å²) >= 11 is 6.95. The summed E-state index contributed by atoms with van der Waals surface area (Å²) in [6, 6.07) is 7.07. The lowest BCUT2D eigenvalue weighted by Gasteiger charge is -1.94. The number of amides is 1. The molecule has 0 saturated heterocycles. The van der Waals surface area contributed by atoms with Gasteiger partial charge in [0.1, 0.15) is 0 Å². The van der Waals surface area contributed by atoms with E-state index in [0.717, 1.165) is 17.3 Å². The molecular formula is C10H8ClN3O2S. The van der Waals surface area contributed by atoms with Crippen LogP contribution in [0.15, 0.2) is 33.9 Å². The molecule has 1 heterocycles. The van der Waals surface area contributed by atoms with Gasteiger partial charge in [-0.25, -0.2) is 0 Å². The average molecular weight is 270 g/mol. The number of thioether (sulfide) groups is 1. The smallest absolute Gasteiger partial charge is 0.277 e. The fourth-order valence-corrected chi connectivity index (χ4v) is 1.83. The zero-order chi connectivity index (χ0) is 12.3. The highest BCUT2D eigenvalue weighted by atomic mass is 35.5. The minimum absolute atomic E-state index is 0.108. The van der Waals surface area contributed by atoms with Crippen molar-refractivity contribution in [2.75, 3.05) is 5.75 Å². The molecule has 1 aromatic heterocycles. The minimum atomic E-state index is -0.433. The summed E-state index contributed by atoms with van der Waals surface area (Å²) in [7, 11) is 0. The maximum absolute atomic E-state index is 10.6. The molecule has 17 heavy (non-hydrogen) atoms. The third-order valence-corrected chi connectivity index (χ3v) is 2.89. The van der Waals surface area contributed by atoms with Gasteiger partial charge in [-0.2, -0.15) is 0 Å². The average Bonchev–Trinajstić information content (AvgIpc) is 2.75. The van der Waals surface area contributed by atoms with Crippen molar-refractivity contribution in [2.45, 2.75) is 5.22 Å². The van der Waals surface area contributed by atoms with E-state index in [0.29, 0.717) is 16.1 Å². The lowest BCUT2D eigenvalue weighted by atomic mass is 10.2. The van der Waals surface area contributed by atoms with Crippen molar-refractivity contribution in [1.82, 2.24) is 10.2 Å². The van der Waals surface area contributed by atoms with Crippen molar-refractivity contribution < 1.29 is 9.21 Å². The molecule has 0 unspecified atom stereocenters. The van der Waals surface area contributed by atoms with Crippen molar-refractivity contribution in [3.8, 4) is 11.5 Å². The van der Waals surface area contributed by atoms with E-state index in [2.05, 4.69) is 10.2 Å². The largest absolute Gasteiger partial charge is 0.411 e. The van der Waals surface area contributed by atoms with Gasteiger partial charge in [-0.05, 0) is 18.2 Å². The normalized spacial score (nSPS) is 10.4. The molecule has 88 valence electrons. The Morgan fingerprint density at radius 3 is 3.00 bits per heavy atom. The number of benzene rings is 1. The maximum Gasteiger partial charge on any atom is 0.277 e. The molecule has 0 aliphatic heterocycles. The second kappa shape index (κ2) is 5.20. The molecular weight excluding hydrogens is 262 g/mol. The SMILES string of the molecule is NC(=O)CSc1nnc(-c2cccc(Cl)c2)o1. The Morgan fingerprint density at radius 1 is 1.47 bits per heavy atom. The first-order chi connectivity index (χ1) is 8.15. The van der Waals surface area contributed by atoms with Crippen LogP contribution in [-0.2, 0) is 4.79 Å². The minimum Gasteiger partial charge on any atom is -0.411 e. The summed E-state index contributed by atoms with van der Waals surface area (Å²) in [4.78, 5) is 10.6. The van der Waals surface area contributed by atoms with Crippen LogP contribution in [-0.4, -0.2) is 21.9 Å². The standard InChI is InChI=1S/C10H8ClN3O2S/c11-7-3-1-2-6(4-7)9-13-14-10(16-9)17-5-8(12)15/h1-4H,5H2,(H2,12,15). The van der Waals surface area contributed by atoms with Crippen molar-refractivity contribution in [3.63, 3.8) is 0 Å². The molecule has 0 spiro atoms. The fraction of sp³-hybridized carbons (Fsp3) is 0.100. The highest BCUT2D eigenvalue weighted by Crippen LogP contribution is 2.24. The van der Waals surface area contributed by atoms with E-state index in [4.69, 9.17) is 21.8 Å². The summed E-state index contributed by atoms with van der Waals surface area (Å²) in [5, 5.41) is 8.54. The second-order valence-electron chi connectivity index (χ2n) is 3.14. The molecule has 7 heteroatoms. The number of rotatable bonds is 4. The lowest BCUT2D eigenvalue weighted by Crippen LogP contribution is -2.12. The molecule has 0 atom stereocenters. The molecule has 0 fully saturated rings. The van der Waals surface area contributed by atoms with Gasteiger partial charge >= 0.3 is 0 Å². The number of hydrogen-bond donors (Lipinski definition) is 1. The van der Waals surface area contributed by atoms with Gasteiger partial charge in [-0.1, -0.05) is 29.4 Å². The molecule has 1 amide bonds. The van der Waals surface area contributed by atoms with Crippen LogP contribution < -0.4 is 5.73 Å². The van der Waals surface area contributed by atoms with Crippen LogP contribution in [0.4, 0.5) is 0 Å². The number of hydrogen-bond acceptors (Lipinski definition) is 5. The van der Waals surface area contributed by atoms with Gasteiger partial charge < -0.3 is 10.2 Å². The number of nitrogens with zero attached hydrogens (tertiary/aromatic N) is 2. The van der Waals surface area contributed by atoms with E-state index in [9.17, 15) is 4.79 Å². The Morgan fingerprint density at radius 2 is 2.29 bits per heavy atom. The molecule has 2 aromatic rings. The van der Waals surface area contributed by atoms with Crippen LogP contribution >= 0.6 is 23.4 Å². The number of carbonyl (C=O) groups is 1. The number of aromatic nitrogens is 2. The maximum atomic E-state index is 10.6. The molecule has 0 bridgehead atoms. The number of halogens is 1. The van der Waals surface area contributed by atoms with Gasteiger partial charge in [-0.3, -0.25) is 4.79 Å². The lowest BCUT2D eigenvalue weighted by molar-refractivity contribution is -0.115. The first-order valence-corrected chi connectivity index (χ1v) is 6.02. The Hall–Kier alpha value is -1.53. The topological polar surface area (TPSA) is 82.0 Å². The zero-order valence-electron chi connectivity index (χ0n) is 8.59. The molecule has 0 aliphatic carbocycles. The van der Waals surface area contributed by atoms with Crippen molar-refractivity contribution in [3.05, 3.63) is 29.3 Å². The highest BCUT2D eigenvalue weighted by Gasteiger charge is 2.10. The van der Waals surface area contributed by atoms with Crippen LogP contribution in [0.5, 0.6) is 0 Å². The summed E-state index contributed by atoms with van der Waals surface area (Å²) in [6.07, 6.45) is 0. The first kappa shape index (κ1) is 11.9. The Balaban J connectivity index is 2.15. The Kier molecular flexibility index (Phi) is 3.65. The molecule has 0 radical (unpaired) electrons. The van der Waals surface area contributed by atoms with Gasteiger partial charge in [0.25, 0.3) is 5.22 Å². The van der Waals surface area contributed by atoms with Crippen molar-refractivity contribution >= 4 is 29.3 Å². The van der Waals surface area contributed by atoms with E-state index < -0.39 is 5.91 Å². The first-order valence-electron chi connectivity index (χ1n) is 4.65. The van der Waals surface area contributed by atoms with Crippen LogP contribution in [0.2, 0.25) is 5.02 Å². The van der Waals surface area contributed by atoms with Gasteiger partial charge in [0.2, 0.25) is 11.8 Å². The predicted molar refractivity (Wildman–Crippen MR) is 64.7 cm³/mol. The van der Waals surface area contributed by atoms with Crippen LogP contribution in [0.1, 0.15) is 0 Å². The molecule has 0 saturated carbocycles. The summed E-state index contributed by atoms with van der Waals surface area (Å²) < 4.78 is 5.35. The Labute approximate surface area is 106 Å². The molecule has 1 aromatic carbocycles. The zero-order valence-corrected chi connectivity index (χ0v) is 10.2. The van der Waals surface area contributed by atoms with Gasteiger partial charge in [-0.15, -0.1) is 10.2 Å². The van der Waals surface area contributed by atoms with Crippen molar-refractivity contribution in [2.24, 2.45) is 5.73 Å². The van der Waals surface area contributed by atoms with Gasteiger partial charge in [0.15, 0.2) is 0 Å². The summed E-state index contributed by atoms with van der Waals surface area (Å²) in [5.74, 6) is 0.0361. The highest BCUT2D eigenvalue weighted by molar-refractivity contribution is 7.99. The summed E-state index contributed by atoms with van der Waals surface area (Å²) in [6.45, 7) is 0. The van der Waals surface area contributed by atoms with E-state index in [1.54, 1.807) is 18.2 Å². The fourth-order valence-electron chi connectivity index (χ4n) is 1.14. The molecule has 5 nitrogen and oxygen atoms in total. The van der Waals surface area contributed by atoms with Crippen LogP contribution in [0.25, 0.3) is 11.5 Å². The van der Waals surface area contributed by atoms with E-state index in [1.807, 2.05) is 6.07 Å². The predicted octanol–water partition coefficient (Wildman–Crippen LogP) is 1.97. The van der Waals surface area contributed by atoms with Gasteiger partial charge in [0.05, 0.1) is 5.75 Å². The quantitative estimate of drug-likeness (QED) is 0.858. The van der Waals surface area contributed by atoms with Gasteiger partial charge in [0, 0.05) is 10.6 Å². The second-order valence-corrected chi connectivity index (χ2v) is 4.50. The van der Waals surface area contributed by atoms with Crippen molar-refractivity contribution in [1.29, 1.82) is 0 Å². The van der Waals surface area contributed by atoms with E-state index in [-0.39, 0.29) is 5.75 Å².